The molecule has 0 bridgehead atoms. The summed E-state index contributed by atoms with van der Waals surface area (Å²) in [5.41, 5.74) is 2.82. The number of amides is 1. The van der Waals surface area contributed by atoms with Crippen LogP contribution in [0.4, 0.5) is 5.69 Å². The van der Waals surface area contributed by atoms with Crippen LogP contribution in [-0.2, 0) is 4.79 Å². The zero-order valence-electron chi connectivity index (χ0n) is 17.7. The quantitative estimate of drug-likeness (QED) is 0.598. The summed E-state index contributed by atoms with van der Waals surface area (Å²) in [4.78, 5) is 31.7. The van der Waals surface area contributed by atoms with Crippen molar-refractivity contribution < 1.29 is 9.53 Å². The van der Waals surface area contributed by atoms with Gasteiger partial charge in [-0.25, -0.2) is 4.98 Å². The van der Waals surface area contributed by atoms with Crippen LogP contribution >= 0.6 is 0 Å². The molecule has 1 heterocycles. The topological polar surface area (TPSA) is 84.1 Å². The maximum atomic E-state index is 12.9. The van der Waals surface area contributed by atoms with Crippen LogP contribution in [0.5, 0.6) is 5.75 Å². The molecule has 1 unspecified atom stereocenters. The average molecular weight is 405 g/mol. The number of hydrogen-bond acceptors (Lipinski definition) is 4. The monoisotopic (exact) mass is 405 g/mol. The second-order valence-electron chi connectivity index (χ2n) is 7.51. The highest BCUT2D eigenvalue weighted by Gasteiger charge is 2.20. The number of rotatable bonds is 7. The number of hydrogen-bond donors (Lipinski definition) is 2. The number of carbonyl (C=O) groups is 1. The van der Waals surface area contributed by atoms with E-state index in [9.17, 15) is 9.59 Å². The molecule has 1 atom stereocenters. The first-order valence-corrected chi connectivity index (χ1v) is 10.1. The van der Waals surface area contributed by atoms with E-state index in [0.29, 0.717) is 35.1 Å². The predicted octanol–water partition coefficient (Wildman–Crippen LogP) is 4.66. The highest BCUT2D eigenvalue weighted by atomic mass is 16.5. The van der Waals surface area contributed by atoms with Crippen molar-refractivity contribution in [2.75, 3.05) is 5.32 Å². The maximum absolute atomic E-state index is 12.9. The van der Waals surface area contributed by atoms with Crippen LogP contribution in [0.3, 0.4) is 0 Å². The number of nitrogens with one attached hydrogen (secondary N) is 2. The van der Waals surface area contributed by atoms with Gasteiger partial charge < -0.3 is 15.0 Å². The molecule has 6 heteroatoms. The second kappa shape index (κ2) is 9.39. The standard InChI is InChI=1S/C24H27N3O3/c1-5-20(30-21-12-7-6-11-19(21)15(2)3)24(29)26-18-10-8-9-17(14-18)23-25-16(4)13-22(28)27-23/h6-15,20H,5H2,1-4H3,(H,26,29)(H,25,27,28). The summed E-state index contributed by atoms with van der Waals surface area (Å²) in [6.07, 6.45) is -0.0875. The van der Waals surface area contributed by atoms with E-state index in [1.807, 2.05) is 43.3 Å². The molecule has 0 aliphatic rings. The number of ether oxygens (including phenoxy) is 1. The van der Waals surface area contributed by atoms with E-state index in [1.54, 1.807) is 19.1 Å². The molecular weight excluding hydrogens is 378 g/mol. The fourth-order valence-corrected chi connectivity index (χ4v) is 3.22. The third-order valence-electron chi connectivity index (χ3n) is 4.75. The lowest BCUT2D eigenvalue weighted by molar-refractivity contribution is -0.122. The van der Waals surface area contributed by atoms with Crippen molar-refractivity contribution in [3.63, 3.8) is 0 Å². The lowest BCUT2D eigenvalue weighted by Crippen LogP contribution is -2.32. The van der Waals surface area contributed by atoms with Crippen molar-refractivity contribution in [2.45, 2.75) is 46.1 Å². The molecule has 0 saturated carbocycles. The molecule has 6 nitrogen and oxygen atoms in total. The van der Waals surface area contributed by atoms with Gasteiger partial charge in [-0.15, -0.1) is 0 Å². The molecule has 30 heavy (non-hydrogen) atoms. The van der Waals surface area contributed by atoms with Crippen LogP contribution in [-0.4, -0.2) is 22.0 Å². The Bertz CT molecular complexity index is 1090. The summed E-state index contributed by atoms with van der Waals surface area (Å²) in [5.74, 6) is 1.26. The van der Waals surface area contributed by atoms with E-state index in [1.165, 1.54) is 6.07 Å². The van der Waals surface area contributed by atoms with Crippen molar-refractivity contribution >= 4 is 11.6 Å². The summed E-state index contributed by atoms with van der Waals surface area (Å²) in [6.45, 7) is 7.87. The van der Waals surface area contributed by atoms with Crippen LogP contribution in [0, 0.1) is 6.92 Å². The number of aryl methyl sites for hydroxylation is 1. The molecule has 0 spiro atoms. The fraction of sp³-hybridized carbons (Fsp3) is 0.292. The molecule has 0 aliphatic carbocycles. The van der Waals surface area contributed by atoms with Crippen LogP contribution in [0.15, 0.2) is 59.4 Å². The van der Waals surface area contributed by atoms with Crippen LogP contribution in [0.25, 0.3) is 11.4 Å². The Hall–Kier alpha value is -3.41. The van der Waals surface area contributed by atoms with Gasteiger partial charge in [-0.3, -0.25) is 9.59 Å². The number of para-hydroxylation sites is 1. The minimum absolute atomic E-state index is 0.213. The average Bonchev–Trinajstić information content (AvgIpc) is 2.71. The van der Waals surface area contributed by atoms with Crippen molar-refractivity contribution in [3.8, 4) is 17.1 Å². The Kier molecular flexibility index (Phi) is 6.67. The molecular formula is C24H27N3O3. The van der Waals surface area contributed by atoms with Gasteiger partial charge in [0.15, 0.2) is 6.10 Å². The minimum atomic E-state index is -0.620. The molecule has 0 radical (unpaired) electrons. The molecule has 3 rings (SSSR count). The molecule has 0 saturated heterocycles. The third kappa shape index (κ3) is 5.14. The smallest absolute Gasteiger partial charge is 0.265 e. The summed E-state index contributed by atoms with van der Waals surface area (Å²) in [7, 11) is 0. The lowest BCUT2D eigenvalue weighted by Gasteiger charge is -2.20. The number of nitrogens with zero attached hydrogens (tertiary/aromatic N) is 1. The van der Waals surface area contributed by atoms with Gasteiger partial charge in [0.05, 0.1) is 0 Å². The van der Waals surface area contributed by atoms with Gasteiger partial charge in [0.25, 0.3) is 11.5 Å². The number of aromatic nitrogens is 2. The Morgan fingerprint density at radius 1 is 1.13 bits per heavy atom. The summed E-state index contributed by atoms with van der Waals surface area (Å²) < 4.78 is 6.06. The molecule has 2 N–H and O–H groups in total. The van der Waals surface area contributed by atoms with Crippen LogP contribution in [0.1, 0.15) is 44.4 Å². The number of carbonyl (C=O) groups excluding carboxylic acids is 1. The maximum Gasteiger partial charge on any atom is 0.265 e. The van der Waals surface area contributed by atoms with E-state index in [2.05, 4.69) is 29.1 Å². The zero-order chi connectivity index (χ0) is 21.7. The number of H-pyrrole nitrogens is 1. The molecule has 2 aromatic carbocycles. The molecule has 3 aromatic rings. The zero-order valence-corrected chi connectivity index (χ0v) is 17.7. The van der Waals surface area contributed by atoms with Gasteiger partial charge in [0.2, 0.25) is 0 Å². The molecule has 1 aromatic heterocycles. The number of anilines is 1. The van der Waals surface area contributed by atoms with Gasteiger partial charge in [-0.05, 0) is 43.0 Å². The van der Waals surface area contributed by atoms with E-state index >= 15 is 0 Å². The van der Waals surface area contributed by atoms with Crippen molar-refractivity contribution in [1.82, 2.24) is 9.97 Å². The third-order valence-corrected chi connectivity index (χ3v) is 4.75. The Morgan fingerprint density at radius 3 is 2.60 bits per heavy atom. The van der Waals surface area contributed by atoms with E-state index in [4.69, 9.17) is 4.74 Å². The fourth-order valence-electron chi connectivity index (χ4n) is 3.22. The van der Waals surface area contributed by atoms with Gasteiger partial charge >= 0.3 is 0 Å². The predicted molar refractivity (Wildman–Crippen MR) is 119 cm³/mol. The van der Waals surface area contributed by atoms with Gasteiger partial charge in [0, 0.05) is 23.0 Å². The number of benzene rings is 2. The lowest BCUT2D eigenvalue weighted by atomic mass is 10.0. The molecule has 156 valence electrons. The van der Waals surface area contributed by atoms with Gasteiger partial charge in [0.1, 0.15) is 11.6 Å². The van der Waals surface area contributed by atoms with E-state index in [0.717, 1.165) is 11.3 Å². The number of aromatic amines is 1. The molecule has 1 amide bonds. The first-order chi connectivity index (χ1) is 14.4. The van der Waals surface area contributed by atoms with Crippen LogP contribution in [0.2, 0.25) is 0 Å². The molecule has 0 fully saturated rings. The molecule has 0 aliphatic heterocycles. The SMILES string of the molecule is CCC(Oc1ccccc1C(C)C)C(=O)Nc1cccc(-c2nc(C)cc(=O)[nH]2)c1. The highest BCUT2D eigenvalue weighted by Crippen LogP contribution is 2.27. The van der Waals surface area contributed by atoms with E-state index < -0.39 is 6.10 Å². The van der Waals surface area contributed by atoms with Crippen molar-refractivity contribution in [2.24, 2.45) is 0 Å². The first-order valence-electron chi connectivity index (χ1n) is 10.1. The largest absolute Gasteiger partial charge is 0.480 e. The Labute approximate surface area is 176 Å². The van der Waals surface area contributed by atoms with Crippen LogP contribution < -0.4 is 15.6 Å². The Balaban J connectivity index is 1.78. The second-order valence-corrected chi connectivity index (χ2v) is 7.51. The summed E-state index contributed by atoms with van der Waals surface area (Å²) in [6, 6.07) is 16.4. The Morgan fingerprint density at radius 2 is 1.90 bits per heavy atom. The highest BCUT2D eigenvalue weighted by molar-refractivity contribution is 5.94. The summed E-state index contributed by atoms with van der Waals surface area (Å²) >= 11 is 0. The van der Waals surface area contributed by atoms with Crippen molar-refractivity contribution in [3.05, 3.63) is 76.2 Å². The first kappa shape index (κ1) is 21.3. The minimum Gasteiger partial charge on any atom is -0.480 e. The van der Waals surface area contributed by atoms with Gasteiger partial charge in [-0.2, -0.15) is 0 Å². The normalized spacial score (nSPS) is 11.9. The van der Waals surface area contributed by atoms with Crippen molar-refractivity contribution in [1.29, 1.82) is 0 Å². The summed E-state index contributed by atoms with van der Waals surface area (Å²) in [5, 5.41) is 2.92. The van der Waals surface area contributed by atoms with E-state index in [-0.39, 0.29) is 11.5 Å². The van der Waals surface area contributed by atoms with Gasteiger partial charge in [-0.1, -0.05) is 51.1 Å².